The molecule has 0 spiro atoms. The molecule has 0 radical (unpaired) electrons. The Labute approximate surface area is 145 Å². The fourth-order valence-corrected chi connectivity index (χ4v) is 3.01. The van der Waals surface area contributed by atoms with Gasteiger partial charge < -0.3 is 10.1 Å². The first kappa shape index (κ1) is 20.3. The Hall–Kier alpha value is -1.76. The maximum Gasteiger partial charge on any atom is 0.240 e. The second-order valence-electron chi connectivity index (χ2n) is 5.99. The Morgan fingerprint density at radius 2 is 1.83 bits per heavy atom. The van der Waals surface area contributed by atoms with Crippen LogP contribution in [-0.2, 0) is 14.8 Å². The summed E-state index contributed by atoms with van der Waals surface area (Å²) >= 11 is 0. The summed E-state index contributed by atoms with van der Waals surface area (Å²) in [5.41, 5.74) is 0.442. The molecule has 24 heavy (non-hydrogen) atoms. The van der Waals surface area contributed by atoms with Gasteiger partial charge in [0.1, 0.15) is 12.3 Å². The van der Waals surface area contributed by atoms with E-state index in [2.05, 4.69) is 12.2 Å². The largest absolute Gasteiger partial charge is 0.491 e. The lowest BCUT2D eigenvalue weighted by atomic mass is 10.2. The van der Waals surface area contributed by atoms with Crippen LogP contribution in [0.3, 0.4) is 0 Å². The molecule has 7 heteroatoms. The fourth-order valence-electron chi connectivity index (χ4n) is 2.15. The Balaban J connectivity index is 2.77. The van der Waals surface area contributed by atoms with Gasteiger partial charge >= 0.3 is 0 Å². The fraction of sp³-hybridized carbons (Fsp3) is 0.588. The van der Waals surface area contributed by atoms with E-state index in [1.807, 2.05) is 13.8 Å². The average molecular weight is 356 g/mol. The average Bonchev–Trinajstić information content (AvgIpc) is 2.48. The van der Waals surface area contributed by atoms with Gasteiger partial charge in [0, 0.05) is 6.54 Å². The van der Waals surface area contributed by atoms with Gasteiger partial charge in [0.2, 0.25) is 15.9 Å². The molecule has 0 unspecified atom stereocenters. The van der Waals surface area contributed by atoms with Crippen molar-refractivity contribution in [2.24, 2.45) is 0 Å². The van der Waals surface area contributed by atoms with Crippen molar-refractivity contribution in [1.29, 1.82) is 0 Å². The molecule has 1 aromatic carbocycles. The van der Waals surface area contributed by atoms with E-state index in [1.54, 1.807) is 24.3 Å². The van der Waals surface area contributed by atoms with Gasteiger partial charge in [-0.1, -0.05) is 19.8 Å². The lowest BCUT2D eigenvalue weighted by Crippen LogP contribution is -2.40. The Morgan fingerprint density at radius 1 is 1.21 bits per heavy atom. The van der Waals surface area contributed by atoms with Crippen molar-refractivity contribution >= 4 is 21.6 Å². The van der Waals surface area contributed by atoms with Crippen LogP contribution in [0.4, 0.5) is 5.69 Å². The van der Waals surface area contributed by atoms with Crippen LogP contribution in [0.15, 0.2) is 24.3 Å². The van der Waals surface area contributed by atoms with Crippen LogP contribution in [0.5, 0.6) is 5.75 Å². The summed E-state index contributed by atoms with van der Waals surface area (Å²) in [4.78, 5) is 12.0. The van der Waals surface area contributed by atoms with Gasteiger partial charge in [-0.25, -0.2) is 8.42 Å². The molecule has 0 aliphatic carbocycles. The van der Waals surface area contributed by atoms with Crippen molar-refractivity contribution in [2.75, 3.05) is 23.7 Å². The molecule has 1 rings (SSSR count). The molecule has 0 saturated carbocycles. The number of benzene rings is 1. The number of anilines is 1. The minimum Gasteiger partial charge on any atom is -0.491 e. The molecule has 0 atom stereocenters. The van der Waals surface area contributed by atoms with E-state index in [-0.39, 0.29) is 18.6 Å². The van der Waals surface area contributed by atoms with Crippen LogP contribution in [-0.4, -0.2) is 39.8 Å². The lowest BCUT2D eigenvalue weighted by Gasteiger charge is -2.22. The van der Waals surface area contributed by atoms with Crippen LogP contribution in [0.25, 0.3) is 0 Å². The van der Waals surface area contributed by atoms with Gasteiger partial charge in [-0.2, -0.15) is 0 Å². The Kier molecular flexibility index (Phi) is 8.04. The Morgan fingerprint density at radius 3 is 2.33 bits per heavy atom. The summed E-state index contributed by atoms with van der Waals surface area (Å²) in [7, 11) is -3.55. The van der Waals surface area contributed by atoms with Crippen molar-refractivity contribution in [3.8, 4) is 5.75 Å². The molecule has 0 saturated heterocycles. The maximum atomic E-state index is 12.0. The summed E-state index contributed by atoms with van der Waals surface area (Å²) in [6.45, 7) is 6.25. The van der Waals surface area contributed by atoms with Gasteiger partial charge in [0.15, 0.2) is 0 Å². The highest BCUT2D eigenvalue weighted by molar-refractivity contribution is 7.92. The van der Waals surface area contributed by atoms with Gasteiger partial charge in [0.05, 0.1) is 18.0 Å². The predicted octanol–water partition coefficient (Wildman–Crippen LogP) is 2.55. The van der Waals surface area contributed by atoms with Crippen LogP contribution in [0.1, 0.15) is 40.0 Å². The number of nitrogens with one attached hydrogen (secondary N) is 1. The standard InChI is InChI=1S/C17H28N2O4S/c1-5-6-7-12-18-17(20)13-19(24(4,21)22)15-8-10-16(11-9-15)23-14(2)3/h8-11,14H,5-7,12-13H2,1-4H3,(H,18,20). The number of hydrogen-bond acceptors (Lipinski definition) is 4. The molecule has 1 amide bonds. The van der Waals surface area contributed by atoms with Crippen molar-refractivity contribution in [2.45, 2.75) is 46.1 Å². The topological polar surface area (TPSA) is 75.7 Å². The Bertz CT molecular complexity index is 612. The number of nitrogens with zero attached hydrogens (tertiary/aromatic N) is 1. The zero-order valence-electron chi connectivity index (χ0n) is 14.9. The number of rotatable bonds is 10. The molecule has 0 aromatic heterocycles. The highest BCUT2D eigenvalue weighted by Crippen LogP contribution is 2.22. The van der Waals surface area contributed by atoms with Crippen molar-refractivity contribution in [1.82, 2.24) is 5.32 Å². The first-order chi connectivity index (χ1) is 11.2. The molecule has 0 aliphatic rings. The van der Waals surface area contributed by atoms with Crippen LogP contribution < -0.4 is 14.4 Å². The third-order valence-corrected chi connectivity index (χ3v) is 4.43. The third kappa shape index (κ3) is 7.21. The van der Waals surface area contributed by atoms with Crippen LogP contribution in [0.2, 0.25) is 0 Å². The minimum absolute atomic E-state index is 0.0377. The summed E-state index contributed by atoms with van der Waals surface area (Å²) in [6.07, 6.45) is 4.12. The summed E-state index contributed by atoms with van der Waals surface area (Å²) in [5, 5.41) is 2.76. The first-order valence-corrected chi connectivity index (χ1v) is 10.1. The van der Waals surface area contributed by atoms with E-state index in [0.29, 0.717) is 18.0 Å². The van der Waals surface area contributed by atoms with E-state index in [0.717, 1.165) is 29.8 Å². The van der Waals surface area contributed by atoms with Crippen molar-refractivity contribution in [3.63, 3.8) is 0 Å². The number of carbonyl (C=O) groups is 1. The molecular weight excluding hydrogens is 328 g/mol. The van der Waals surface area contributed by atoms with Crippen LogP contribution in [0, 0.1) is 0 Å². The molecule has 0 bridgehead atoms. The molecule has 0 heterocycles. The number of amides is 1. The zero-order chi connectivity index (χ0) is 18.2. The second-order valence-corrected chi connectivity index (χ2v) is 7.89. The van der Waals surface area contributed by atoms with Gasteiger partial charge in [-0.15, -0.1) is 0 Å². The monoisotopic (exact) mass is 356 g/mol. The molecular formula is C17H28N2O4S. The predicted molar refractivity (Wildman–Crippen MR) is 96.9 cm³/mol. The number of sulfonamides is 1. The summed E-state index contributed by atoms with van der Waals surface area (Å²) < 4.78 is 30.7. The van der Waals surface area contributed by atoms with Crippen molar-refractivity contribution < 1.29 is 17.9 Å². The highest BCUT2D eigenvalue weighted by atomic mass is 32.2. The van der Waals surface area contributed by atoms with E-state index in [4.69, 9.17) is 4.74 Å². The summed E-state index contributed by atoms with van der Waals surface area (Å²) in [6, 6.07) is 6.69. The molecule has 136 valence electrons. The molecule has 6 nitrogen and oxygen atoms in total. The normalized spacial score (nSPS) is 11.4. The van der Waals surface area contributed by atoms with E-state index in [1.165, 1.54) is 0 Å². The second kappa shape index (κ2) is 9.52. The quantitative estimate of drug-likeness (QED) is 0.654. The SMILES string of the molecule is CCCCCNC(=O)CN(c1ccc(OC(C)C)cc1)S(C)(=O)=O. The van der Waals surface area contributed by atoms with Crippen LogP contribution >= 0.6 is 0 Å². The van der Waals surface area contributed by atoms with E-state index in [9.17, 15) is 13.2 Å². The van der Waals surface area contributed by atoms with Gasteiger partial charge in [0.25, 0.3) is 0 Å². The number of unbranched alkanes of at least 4 members (excludes halogenated alkanes) is 2. The van der Waals surface area contributed by atoms with Crippen molar-refractivity contribution in [3.05, 3.63) is 24.3 Å². The molecule has 1 N–H and O–H groups in total. The maximum absolute atomic E-state index is 12.0. The van der Waals surface area contributed by atoms with Gasteiger partial charge in [-0.05, 0) is 44.5 Å². The third-order valence-electron chi connectivity index (χ3n) is 3.29. The molecule has 0 fully saturated rings. The molecule has 1 aromatic rings. The number of hydrogen-bond donors (Lipinski definition) is 1. The zero-order valence-corrected chi connectivity index (χ0v) is 15.7. The minimum atomic E-state index is -3.55. The number of carbonyl (C=O) groups excluding carboxylic acids is 1. The highest BCUT2D eigenvalue weighted by Gasteiger charge is 2.20. The first-order valence-electron chi connectivity index (χ1n) is 8.25. The van der Waals surface area contributed by atoms with E-state index < -0.39 is 10.0 Å². The lowest BCUT2D eigenvalue weighted by molar-refractivity contribution is -0.119. The summed E-state index contributed by atoms with van der Waals surface area (Å²) in [5.74, 6) is 0.352. The smallest absolute Gasteiger partial charge is 0.240 e. The molecule has 0 aliphatic heterocycles. The van der Waals surface area contributed by atoms with Gasteiger partial charge in [-0.3, -0.25) is 9.10 Å². The van der Waals surface area contributed by atoms with E-state index >= 15 is 0 Å². The number of ether oxygens (including phenoxy) is 1.